The van der Waals surface area contributed by atoms with Gasteiger partial charge in [-0.15, -0.1) is 11.3 Å². The topological polar surface area (TPSA) is 52.0 Å². The van der Waals surface area contributed by atoms with Crippen molar-refractivity contribution >= 4 is 39.1 Å². The fourth-order valence-corrected chi connectivity index (χ4v) is 5.19. The van der Waals surface area contributed by atoms with Crippen LogP contribution >= 0.6 is 23.1 Å². The normalized spacial score (nSPS) is 11.9. The molecule has 2 heterocycles. The number of ketones is 1. The van der Waals surface area contributed by atoms with Gasteiger partial charge in [0.15, 0.2) is 5.16 Å². The third-order valence-electron chi connectivity index (χ3n) is 4.57. The van der Waals surface area contributed by atoms with E-state index in [0.717, 1.165) is 16.0 Å². The van der Waals surface area contributed by atoms with Crippen LogP contribution in [0.3, 0.4) is 0 Å². The molecule has 0 aliphatic carbocycles. The number of hydrogen-bond acceptors (Lipinski definition) is 5. The Morgan fingerprint density at radius 1 is 1.25 bits per heavy atom. The summed E-state index contributed by atoms with van der Waals surface area (Å²) in [6.07, 6.45) is 0. The van der Waals surface area contributed by atoms with Gasteiger partial charge in [-0.05, 0) is 31.5 Å². The van der Waals surface area contributed by atoms with Crippen molar-refractivity contribution in [3.8, 4) is 11.1 Å². The Balaban J connectivity index is 2.12. The Morgan fingerprint density at radius 2 is 1.89 bits per heavy atom. The molecule has 0 atom stereocenters. The van der Waals surface area contributed by atoms with Crippen molar-refractivity contribution in [2.75, 3.05) is 5.75 Å². The van der Waals surface area contributed by atoms with Gasteiger partial charge < -0.3 is 0 Å². The zero-order chi connectivity index (χ0) is 20.6. The number of thiophene rings is 1. The van der Waals surface area contributed by atoms with Crippen LogP contribution in [0.5, 0.6) is 0 Å². The molecule has 28 heavy (non-hydrogen) atoms. The maximum Gasteiger partial charge on any atom is 0.263 e. The number of halogens is 1. The van der Waals surface area contributed by atoms with Crippen molar-refractivity contribution in [3.63, 3.8) is 0 Å². The second kappa shape index (κ2) is 7.79. The first kappa shape index (κ1) is 20.7. The highest BCUT2D eigenvalue weighted by atomic mass is 32.2. The summed E-state index contributed by atoms with van der Waals surface area (Å²) in [4.78, 5) is 31.9. The minimum Gasteiger partial charge on any atom is -0.298 e. The van der Waals surface area contributed by atoms with E-state index in [1.165, 1.54) is 35.2 Å². The SMILES string of the molecule is CCn1c(SCC(=O)C(C)(C)C)nc2sc(C)c(-c3ccc(F)cc3)c2c1=O. The maximum absolute atomic E-state index is 13.3. The number of aromatic nitrogens is 2. The number of aryl methyl sites for hydroxylation is 1. The number of thioether (sulfide) groups is 1. The Kier molecular flexibility index (Phi) is 5.77. The van der Waals surface area contributed by atoms with Crippen molar-refractivity contribution in [2.24, 2.45) is 5.41 Å². The van der Waals surface area contributed by atoms with Crippen LogP contribution in [-0.2, 0) is 11.3 Å². The van der Waals surface area contributed by atoms with E-state index in [1.54, 1.807) is 16.7 Å². The maximum atomic E-state index is 13.3. The molecular weight excluding hydrogens is 395 g/mol. The third kappa shape index (κ3) is 3.91. The van der Waals surface area contributed by atoms with E-state index in [1.807, 2.05) is 34.6 Å². The van der Waals surface area contributed by atoms with Crippen LogP contribution in [0.25, 0.3) is 21.3 Å². The summed E-state index contributed by atoms with van der Waals surface area (Å²) in [6, 6.07) is 6.16. The van der Waals surface area contributed by atoms with Gasteiger partial charge in [0.1, 0.15) is 16.4 Å². The number of fused-ring (bicyclic) bond motifs is 1. The van der Waals surface area contributed by atoms with Crippen molar-refractivity contribution in [1.82, 2.24) is 9.55 Å². The fourth-order valence-electron chi connectivity index (χ4n) is 2.88. The lowest BCUT2D eigenvalue weighted by molar-refractivity contribution is -0.123. The molecule has 3 aromatic rings. The van der Waals surface area contributed by atoms with E-state index >= 15 is 0 Å². The number of Topliss-reactive ketones (excluding diaryl/α,β-unsaturated/α-hetero) is 1. The van der Waals surface area contributed by atoms with E-state index in [2.05, 4.69) is 0 Å². The zero-order valence-electron chi connectivity index (χ0n) is 16.6. The molecule has 0 fully saturated rings. The van der Waals surface area contributed by atoms with Crippen molar-refractivity contribution in [1.29, 1.82) is 0 Å². The van der Waals surface area contributed by atoms with Gasteiger partial charge in [0.05, 0.1) is 11.1 Å². The summed E-state index contributed by atoms with van der Waals surface area (Å²) >= 11 is 2.76. The number of nitrogens with zero attached hydrogens (tertiary/aromatic N) is 2. The molecule has 0 spiro atoms. The van der Waals surface area contributed by atoms with Crippen LogP contribution in [-0.4, -0.2) is 21.1 Å². The van der Waals surface area contributed by atoms with Gasteiger partial charge in [0.25, 0.3) is 5.56 Å². The quantitative estimate of drug-likeness (QED) is 0.417. The predicted molar refractivity (Wildman–Crippen MR) is 115 cm³/mol. The lowest BCUT2D eigenvalue weighted by Crippen LogP contribution is -2.25. The summed E-state index contributed by atoms with van der Waals surface area (Å²) in [7, 11) is 0. The van der Waals surface area contributed by atoms with Gasteiger partial charge in [-0.25, -0.2) is 9.37 Å². The molecule has 0 unspecified atom stereocenters. The first-order valence-corrected chi connectivity index (χ1v) is 10.9. The van der Waals surface area contributed by atoms with Crippen LogP contribution < -0.4 is 5.56 Å². The first-order valence-electron chi connectivity index (χ1n) is 9.09. The number of carbonyl (C=O) groups excluding carboxylic acids is 1. The molecule has 0 aliphatic heterocycles. The average molecular weight is 419 g/mol. The molecule has 148 valence electrons. The lowest BCUT2D eigenvalue weighted by atomic mass is 9.92. The second-order valence-corrected chi connectivity index (χ2v) is 9.77. The predicted octanol–water partition coefficient (Wildman–Crippen LogP) is 5.30. The number of rotatable bonds is 5. The molecule has 0 amide bonds. The Labute approximate surface area is 171 Å². The van der Waals surface area contributed by atoms with Gasteiger partial charge in [-0.3, -0.25) is 14.2 Å². The zero-order valence-corrected chi connectivity index (χ0v) is 18.3. The number of benzene rings is 1. The van der Waals surface area contributed by atoms with Crippen LogP contribution in [0, 0.1) is 18.2 Å². The monoisotopic (exact) mass is 418 g/mol. The molecule has 0 saturated carbocycles. The van der Waals surface area contributed by atoms with Gasteiger partial charge in [0.2, 0.25) is 0 Å². The minimum atomic E-state index is -0.427. The Hall–Kier alpha value is -1.99. The average Bonchev–Trinajstić information content (AvgIpc) is 2.96. The highest BCUT2D eigenvalue weighted by molar-refractivity contribution is 7.99. The van der Waals surface area contributed by atoms with Gasteiger partial charge >= 0.3 is 0 Å². The molecule has 0 N–H and O–H groups in total. The molecule has 0 bridgehead atoms. The largest absolute Gasteiger partial charge is 0.298 e. The van der Waals surface area contributed by atoms with E-state index in [0.29, 0.717) is 21.9 Å². The van der Waals surface area contributed by atoms with Crippen LogP contribution in [0.1, 0.15) is 32.6 Å². The Morgan fingerprint density at radius 3 is 2.46 bits per heavy atom. The van der Waals surface area contributed by atoms with Crippen LogP contribution in [0.15, 0.2) is 34.2 Å². The summed E-state index contributed by atoms with van der Waals surface area (Å²) in [5, 5.41) is 1.12. The Bertz CT molecular complexity index is 1090. The van der Waals surface area contributed by atoms with Gasteiger partial charge in [0, 0.05) is 22.4 Å². The third-order valence-corrected chi connectivity index (χ3v) is 6.55. The molecule has 0 saturated heterocycles. The molecule has 0 radical (unpaired) electrons. The van der Waals surface area contributed by atoms with Crippen LogP contribution in [0.2, 0.25) is 0 Å². The molecule has 0 aliphatic rings. The van der Waals surface area contributed by atoms with E-state index in [4.69, 9.17) is 4.98 Å². The lowest BCUT2D eigenvalue weighted by Gasteiger charge is -2.16. The number of hydrogen-bond donors (Lipinski definition) is 0. The van der Waals surface area contributed by atoms with Gasteiger partial charge in [-0.1, -0.05) is 44.7 Å². The first-order chi connectivity index (χ1) is 13.1. The fraction of sp³-hybridized carbons (Fsp3) is 0.381. The summed E-state index contributed by atoms with van der Waals surface area (Å²) in [6.45, 7) is 9.95. The van der Waals surface area contributed by atoms with E-state index in [9.17, 15) is 14.0 Å². The van der Waals surface area contributed by atoms with Gasteiger partial charge in [-0.2, -0.15) is 0 Å². The smallest absolute Gasteiger partial charge is 0.263 e. The molecule has 2 aromatic heterocycles. The van der Waals surface area contributed by atoms with E-state index < -0.39 is 5.41 Å². The van der Waals surface area contributed by atoms with E-state index in [-0.39, 0.29) is 22.9 Å². The van der Waals surface area contributed by atoms with Crippen molar-refractivity contribution in [2.45, 2.75) is 46.3 Å². The van der Waals surface area contributed by atoms with Crippen LogP contribution in [0.4, 0.5) is 4.39 Å². The highest BCUT2D eigenvalue weighted by Crippen LogP contribution is 2.36. The summed E-state index contributed by atoms with van der Waals surface area (Å²) < 4.78 is 14.9. The molecule has 1 aromatic carbocycles. The number of carbonyl (C=O) groups is 1. The standard InChI is InChI=1S/C21H23FN2O2S2/c1-6-24-19(26)17-16(13-7-9-14(22)10-8-13)12(2)28-18(17)23-20(24)27-11-15(25)21(3,4)5/h7-10H,6,11H2,1-5H3. The van der Waals surface area contributed by atoms with Crippen molar-refractivity contribution in [3.05, 3.63) is 45.3 Å². The van der Waals surface area contributed by atoms with Crippen molar-refractivity contribution < 1.29 is 9.18 Å². The molecule has 3 rings (SSSR count). The molecule has 4 nitrogen and oxygen atoms in total. The summed E-state index contributed by atoms with van der Waals surface area (Å²) in [5.41, 5.74) is 1.06. The molecule has 7 heteroatoms. The summed E-state index contributed by atoms with van der Waals surface area (Å²) in [5.74, 6) is 0.0764. The minimum absolute atomic E-state index is 0.115. The highest BCUT2D eigenvalue weighted by Gasteiger charge is 2.23. The molecular formula is C21H23FN2O2S2. The second-order valence-electron chi connectivity index (χ2n) is 7.63.